The van der Waals surface area contributed by atoms with E-state index in [1.165, 1.54) is 37.7 Å². The molecule has 0 radical (unpaired) electrons. The molecule has 0 fully saturated rings. The zero-order valence-electron chi connectivity index (χ0n) is 15.9. The fourth-order valence-electron chi connectivity index (χ4n) is 2.81. The van der Waals surface area contributed by atoms with E-state index in [9.17, 15) is 8.42 Å². The van der Waals surface area contributed by atoms with Crippen molar-refractivity contribution in [2.24, 2.45) is 0 Å². The molecular weight excluding hydrogens is 372 g/mol. The molecule has 1 N–H and O–H groups in total. The predicted molar refractivity (Wildman–Crippen MR) is 112 cm³/mol. The van der Waals surface area contributed by atoms with E-state index in [1.807, 2.05) is 48.6 Å². The van der Waals surface area contributed by atoms with Crippen molar-refractivity contribution >= 4 is 16.3 Å². The Morgan fingerprint density at radius 3 is 2.14 bits per heavy atom. The van der Waals surface area contributed by atoms with E-state index < -0.39 is 10.2 Å². The molecule has 0 aliphatic rings. The fourth-order valence-corrected chi connectivity index (χ4v) is 3.59. The van der Waals surface area contributed by atoms with Crippen LogP contribution in [0.4, 0.5) is 0 Å². The number of hydrogen-bond acceptors (Lipinski definition) is 4. The van der Waals surface area contributed by atoms with Crippen LogP contribution in [0.2, 0.25) is 0 Å². The number of nitrogens with zero attached hydrogens (tertiary/aromatic N) is 3. The lowest BCUT2D eigenvalue weighted by molar-refractivity contribution is 0.510. The smallest absolute Gasteiger partial charge is 0.303 e. The molecule has 2 aromatic carbocycles. The van der Waals surface area contributed by atoms with E-state index in [-0.39, 0.29) is 6.04 Å². The summed E-state index contributed by atoms with van der Waals surface area (Å²) in [5.41, 5.74) is 2.95. The van der Waals surface area contributed by atoms with Crippen LogP contribution in [0, 0.1) is 0 Å². The van der Waals surface area contributed by atoms with Gasteiger partial charge in [0.25, 0.3) is 0 Å². The Hall–Kier alpha value is -2.74. The first-order valence-electron chi connectivity index (χ1n) is 8.95. The lowest BCUT2D eigenvalue weighted by Gasteiger charge is -2.19. The second kappa shape index (κ2) is 8.97. The van der Waals surface area contributed by atoms with Crippen molar-refractivity contribution in [1.82, 2.24) is 18.6 Å². The standard InChI is InChI=1S/C21H24N4O2S/c1-24(2)28(26,27)25-16-20(23-17-25)14-9-15-22-21(18-10-5-3-6-11-18)19-12-7-4-8-13-19/h3-14,16-17,21-22H,15H2,1-2H3/b14-9+. The summed E-state index contributed by atoms with van der Waals surface area (Å²) in [5.74, 6) is 0. The molecule has 3 aromatic rings. The molecule has 6 nitrogen and oxygen atoms in total. The molecule has 1 heterocycles. The van der Waals surface area contributed by atoms with Gasteiger partial charge in [-0.1, -0.05) is 66.7 Å². The molecule has 0 bridgehead atoms. The molecule has 0 aliphatic heterocycles. The van der Waals surface area contributed by atoms with E-state index in [2.05, 4.69) is 34.6 Å². The van der Waals surface area contributed by atoms with E-state index in [0.29, 0.717) is 12.2 Å². The van der Waals surface area contributed by atoms with Crippen molar-refractivity contribution in [3.05, 3.63) is 96.1 Å². The van der Waals surface area contributed by atoms with Gasteiger partial charge in [0.05, 0.1) is 11.7 Å². The van der Waals surface area contributed by atoms with Crippen LogP contribution in [-0.2, 0) is 10.2 Å². The Bertz CT molecular complexity index is 973. The SMILES string of the molecule is CN(C)S(=O)(=O)n1cnc(/C=C/CNC(c2ccccc2)c2ccccc2)c1. The molecule has 146 valence electrons. The number of benzene rings is 2. The summed E-state index contributed by atoms with van der Waals surface area (Å²) in [6, 6.07) is 20.6. The van der Waals surface area contributed by atoms with Gasteiger partial charge in [0, 0.05) is 26.8 Å². The minimum Gasteiger partial charge on any atom is -0.303 e. The summed E-state index contributed by atoms with van der Waals surface area (Å²) in [7, 11) is -0.558. The Morgan fingerprint density at radius 1 is 1.04 bits per heavy atom. The van der Waals surface area contributed by atoms with Gasteiger partial charge in [-0.05, 0) is 17.2 Å². The third kappa shape index (κ3) is 4.75. The van der Waals surface area contributed by atoms with Crippen molar-refractivity contribution in [2.75, 3.05) is 20.6 Å². The van der Waals surface area contributed by atoms with Gasteiger partial charge in [-0.2, -0.15) is 12.7 Å². The summed E-state index contributed by atoms with van der Waals surface area (Å²) >= 11 is 0. The summed E-state index contributed by atoms with van der Waals surface area (Å²) < 4.78 is 26.4. The van der Waals surface area contributed by atoms with Crippen LogP contribution < -0.4 is 5.32 Å². The van der Waals surface area contributed by atoms with Crippen molar-refractivity contribution in [1.29, 1.82) is 0 Å². The Morgan fingerprint density at radius 2 is 1.61 bits per heavy atom. The highest BCUT2D eigenvalue weighted by Crippen LogP contribution is 2.21. The number of nitrogens with one attached hydrogen (secondary N) is 1. The topological polar surface area (TPSA) is 67.2 Å². The first-order valence-corrected chi connectivity index (χ1v) is 10.3. The van der Waals surface area contributed by atoms with E-state index in [1.54, 1.807) is 0 Å². The summed E-state index contributed by atoms with van der Waals surface area (Å²) in [4.78, 5) is 4.14. The molecule has 0 saturated carbocycles. The Labute approximate surface area is 166 Å². The second-order valence-corrected chi connectivity index (χ2v) is 8.53. The molecule has 0 spiro atoms. The average molecular weight is 397 g/mol. The minimum atomic E-state index is -3.53. The summed E-state index contributed by atoms with van der Waals surface area (Å²) in [6.45, 7) is 0.613. The zero-order valence-corrected chi connectivity index (χ0v) is 16.8. The van der Waals surface area contributed by atoms with Crippen LogP contribution in [0.1, 0.15) is 22.9 Å². The van der Waals surface area contributed by atoms with Crippen molar-refractivity contribution in [3.63, 3.8) is 0 Å². The molecule has 3 rings (SSSR count). The van der Waals surface area contributed by atoms with Crippen LogP contribution >= 0.6 is 0 Å². The number of aromatic nitrogens is 2. The molecule has 28 heavy (non-hydrogen) atoms. The first kappa shape index (κ1) is 20.0. The number of hydrogen-bond donors (Lipinski definition) is 1. The Kier molecular flexibility index (Phi) is 6.41. The fraction of sp³-hybridized carbons (Fsp3) is 0.190. The van der Waals surface area contributed by atoms with E-state index in [0.717, 1.165) is 8.28 Å². The van der Waals surface area contributed by atoms with E-state index >= 15 is 0 Å². The Balaban J connectivity index is 1.69. The van der Waals surface area contributed by atoms with Gasteiger partial charge >= 0.3 is 10.2 Å². The van der Waals surface area contributed by atoms with Crippen LogP contribution in [0.25, 0.3) is 6.08 Å². The maximum Gasteiger partial charge on any atom is 0.308 e. The molecule has 1 aromatic heterocycles. The number of imidazole rings is 1. The monoisotopic (exact) mass is 396 g/mol. The zero-order chi connectivity index (χ0) is 20.0. The highest BCUT2D eigenvalue weighted by Gasteiger charge is 2.16. The second-order valence-electron chi connectivity index (χ2n) is 6.48. The maximum absolute atomic E-state index is 12.1. The lowest BCUT2D eigenvalue weighted by Crippen LogP contribution is -2.27. The van der Waals surface area contributed by atoms with Gasteiger partial charge in [-0.15, -0.1) is 0 Å². The third-order valence-electron chi connectivity index (χ3n) is 4.30. The largest absolute Gasteiger partial charge is 0.308 e. The van der Waals surface area contributed by atoms with Crippen molar-refractivity contribution in [3.8, 4) is 0 Å². The molecular formula is C21H24N4O2S. The van der Waals surface area contributed by atoms with Gasteiger partial charge in [-0.25, -0.2) is 8.96 Å². The van der Waals surface area contributed by atoms with Crippen molar-refractivity contribution < 1.29 is 8.42 Å². The maximum atomic E-state index is 12.1. The first-order chi connectivity index (χ1) is 13.5. The van der Waals surface area contributed by atoms with Crippen LogP contribution in [-0.4, -0.2) is 42.3 Å². The van der Waals surface area contributed by atoms with Gasteiger partial charge in [-0.3, -0.25) is 0 Å². The quantitative estimate of drug-likeness (QED) is 0.636. The summed E-state index contributed by atoms with van der Waals surface area (Å²) in [5, 5.41) is 3.53. The van der Waals surface area contributed by atoms with Crippen molar-refractivity contribution in [2.45, 2.75) is 6.04 Å². The van der Waals surface area contributed by atoms with Gasteiger partial charge in [0.2, 0.25) is 0 Å². The predicted octanol–water partition coefficient (Wildman–Crippen LogP) is 2.93. The molecule has 0 saturated heterocycles. The lowest BCUT2D eigenvalue weighted by atomic mass is 9.99. The van der Waals surface area contributed by atoms with Gasteiger partial charge < -0.3 is 5.32 Å². The normalized spacial score (nSPS) is 12.3. The molecule has 0 amide bonds. The third-order valence-corrected chi connectivity index (χ3v) is 5.96. The van der Waals surface area contributed by atoms with Crippen LogP contribution in [0.3, 0.4) is 0 Å². The molecule has 0 aliphatic carbocycles. The highest BCUT2D eigenvalue weighted by molar-refractivity contribution is 7.87. The number of rotatable bonds is 8. The average Bonchev–Trinajstić information content (AvgIpc) is 3.19. The molecule has 0 atom stereocenters. The minimum absolute atomic E-state index is 0.0683. The summed E-state index contributed by atoms with van der Waals surface area (Å²) in [6.07, 6.45) is 6.55. The highest BCUT2D eigenvalue weighted by atomic mass is 32.2. The molecule has 0 unspecified atom stereocenters. The van der Waals surface area contributed by atoms with Gasteiger partial charge in [0.1, 0.15) is 6.33 Å². The van der Waals surface area contributed by atoms with Crippen LogP contribution in [0.15, 0.2) is 79.3 Å². The van der Waals surface area contributed by atoms with Gasteiger partial charge in [0.15, 0.2) is 0 Å². The molecule has 7 heteroatoms. The van der Waals surface area contributed by atoms with E-state index in [4.69, 9.17) is 0 Å². The van der Waals surface area contributed by atoms with Crippen LogP contribution in [0.5, 0.6) is 0 Å².